The molecule has 0 spiro atoms. The Hall–Kier alpha value is -3.87. The topological polar surface area (TPSA) is 81.7 Å². The third-order valence-electron chi connectivity index (χ3n) is 6.71. The minimum absolute atomic E-state index is 0.00212. The average molecular weight is 504 g/mol. The fourth-order valence-corrected chi connectivity index (χ4v) is 4.64. The Labute approximate surface area is 217 Å². The quantitative estimate of drug-likeness (QED) is 0.284. The molecule has 3 N–H and O–H groups in total. The summed E-state index contributed by atoms with van der Waals surface area (Å²) in [5.74, 6) is -0.662. The van der Waals surface area contributed by atoms with Crippen LogP contribution in [0.1, 0.15) is 49.0 Å². The molecule has 6 nitrogen and oxygen atoms in total. The number of halogens is 1. The van der Waals surface area contributed by atoms with Crippen LogP contribution in [0.2, 0.25) is 0 Å². The van der Waals surface area contributed by atoms with Gasteiger partial charge in [-0.05, 0) is 85.2 Å². The Balaban J connectivity index is 1.73. The van der Waals surface area contributed by atoms with Gasteiger partial charge in [0.25, 0.3) is 0 Å². The highest BCUT2D eigenvalue weighted by Crippen LogP contribution is 2.36. The lowest BCUT2D eigenvalue weighted by molar-refractivity contribution is 0.0697. The van der Waals surface area contributed by atoms with E-state index in [0.29, 0.717) is 28.8 Å². The van der Waals surface area contributed by atoms with E-state index in [9.17, 15) is 19.1 Å². The van der Waals surface area contributed by atoms with Gasteiger partial charge in [-0.25, -0.2) is 14.0 Å². The maximum absolute atomic E-state index is 14.1. The van der Waals surface area contributed by atoms with Crippen LogP contribution in [-0.4, -0.2) is 30.2 Å². The smallest absolute Gasteiger partial charge is 0.336 e. The largest absolute Gasteiger partial charge is 0.478 e. The number of aryl methyl sites for hydroxylation is 1. The molecule has 0 aliphatic heterocycles. The molecule has 1 aliphatic carbocycles. The van der Waals surface area contributed by atoms with Crippen molar-refractivity contribution in [3.05, 3.63) is 77.6 Å². The van der Waals surface area contributed by atoms with Crippen LogP contribution < -0.4 is 15.5 Å². The molecule has 1 aliphatic rings. The van der Waals surface area contributed by atoms with E-state index in [0.717, 1.165) is 30.4 Å². The van der Waals surface area contributed by atoms with Crippen molar-refractivity contribution < 1.29 is 19.1 Å². The van der Waals surface area contributed by atoms with Gasteiger partial charge in [0.15, 0.2) is 0 Å². The number of carboxylic acids is 1. The second-order valence-corrected chi connectivity index (χ2v) is 10.3. The first kappa shape index (κ1) is 26.2. The number of hydrogen-bond acceptors (Lipinski definition) is 3. The summed E-state index contributed by atoms with van der Waals surface area (Å²) in [4.78, 5) is 27.2. The predicted molar refractivity (Wildman–Crippen MR) is 147 cm³/mol. The first-order chi connectivity index (χ1) is 17.7. The second kappa shape index (κ2) is 11.5. The molecule has 0 bridgehead atoms. The fraction of sp³-hybridized carbons (Fsp3) is 0.333. The van der Waals surface area contributed by atoms with E-state index in [4.69, 9.17) is 0 Å². The molecule has 0 aromatic heterocycles. The first-order valence-corrected chi connectivity index (χ1v) is 12.8. The van der Waals surface area contributed by atoms with Crippen molar-refractivity contribution in [2.45, 2.75) is 40.0 Å². The zero-order chi connectivity index (χ0) is 26.5. The molecule has 4 rings (SSSR count). The maximum Gasteiger partial charge on any atom is 0.336 e. The highest BCUT2D eigenvalue weighted by Gasteiger charge is 2.24. The molecule has 194 valence electrons. The molecule has 0 unspecified atom stereocenters. The van der Waals surface area contributed by atoms with E-state index in [1.165, 1.54) is 31.4 Å². The van der Waals surface area contributed by atoms with Crippen LogP contribution in [0.3, 0.4) is 0 Å². The monoisotopic (exact) mass is 503 g/mol. The summed E-state index contributed by atoms with van der Waals surface area (Å²) in [6, 6.07) is 16.1. The van der Waals surface area contributed by atoms with Gasteiger partial charge in [-0.1, -0.05) is 44.0 Å². The number of aromatic carboxylic acids is 1. The molecular formula is C30H34FN3O3. The van der Waals surface area contributed by atoms with Crippen molar-refractivity contribution in [1.29, 1.82) is 0 Å². The van der Waals surface area contributed by atoms with Crippen LogP contribution >= 0.6 is 0 Å². The van der Waals surface area contributed by atoms with Crippen LogP contribution in [-0.2, 0) is 0 Å². The van der Waals surface area contributed by atoms with Crippen LogP contribution in [0.5, 0.6) is 0 Å². The van der Waals surface area contributed by atoms with Crippen LogP contribution in [0, 0.1) is 24.6 Å². The fourth-order valence-electron chi connectivity index (χ4n) is 4.64. The summed E-state index contributed by atoms with van der Waals surface area (Å²) < 4.78 is 14.1. The number of nitrogens with one attached hydrogen (secondary N) is 2. The third kappa shape index (κ3) is 6.67. The zero-order valence-electron chi connectivity index (χ0n) is 21.6. The van der Waals surface area contributed by atoms with Gasteiger partial charge in [-0.2, -0.15) is 0 Å². The normalized spacial score (nSPS) is 13.2. The molecule has 0 heterocycles. The Morgan fingerprint density at radius 2 is 1.76 bits per heavy atom. The van der Waals surface area contributed by atoms with E-state index in [1.807, 2.05) is 37.3 Å². The number of anilines is 3. The summed E-state index contributed by atoms with van der Waals surface area (Å²) in [6.45, 7) is 7.98. The predicted octanol–water partition coefficient (Wildman–Crippen LogP) is 7.41. The Bertz CT molecular complexity index is 1270. The molecule has 37 heavy (non-hydrogen) atoms. The van der Waals surface area contributed by atoms with Gasteiger partial charge in [-0.15, -0.1) is 0 Å². The second-order valence-electron chi connectivity index (χ2n) is 10.3. The lowest BCUT2D eigenvalue weighted by Gasteiger charge is -2.36. The van der Waals surface area contributed by atoms with E-state index in [-0.39, 0.29) is 11.1 Å². The lowest BCUT2D eigenvalue weighted by atomic mass is 9.85. The highest BCUT2D eigenvalue weighted by atomic mass is 19.1. The standard InChI is InChI=1S/C30H34FN3O3/c1-19(2)17-34(18-21-5-4-6-21)28-14-9-22(26-16-23(31)10-13-25(26)29(35)36)15-27(28)33-30(37)32-24-11-7-20(3)8-12-24/h7-16,19,21H,4-6,17-18H2,1-3H3,(H,35,36)(H2,32,33,37). The van der Waals surface area contributed by atoms with Gasteiger partial charge in [-0.3, -0.25) is 0 Å². The number of urea groups is 1. The van der Waals surface area contributed by atoms with Crippen LogP contribution in [0.25, 0.3) is 11.1 Å². The summed E-state index contributed by atoms with van der Waals surface area (Å²) in [5.41, 5.74) is 3.92. The van der Waals surface area contributed by atoms with Crippen molar-refractivity contribution in [2.24, 2.45) is 11.8 Å². The van der Waals surface area contributed by atoms with Gasteiger partial charge in [0.1, 0.15) is 5.82 Å². The average Bonchev–Trinajstić information content (AvgIpc) is 2.81. The Morgan fingerprint density at radius 1 is 1.03 bits per heavy atom. The summed E-state index contributed by atoms with van der Waals surface area (Å²) in [7, 11) is 0. The molecule has 3 aromatic rings. The number of carboxylic acid groups (broad SMARTS) is 1. The van der Waals surface area contributed by atoms with Crippen LogP contribution in [0.15, 0.2) is 60.7 Å². The number of nitrogens with zero attached hydrogens (tertiary/aromatic N) is 1. The Kier molecular flexibility index (Phi) is 8.11. The highest BCUT2D eigenvalue weighted by molar-refractivity contribution is 6.03. The minimum Gasteiger partial charge on any atom is -0.478 e. The van der Waals surface area contributed by atoms with Gasteiger partial charge in [0, 0.05) is 18.8 Å². The molecule has 0 atom stereocenters. The van der Waals surface area contributed by atoms with E-state index >= 15 is 0 Å². The van der Waals surface area contributed by atoms with Gasteiger partial charge >= 0.3 is 12.0 Å². The molecule has 0 saturated heterocycles. The van der Waals surface area contributed by atoms with Gasteiger partial charge < -0.3 is 20.6 Å². The van der Waals surface area contributed by atoms with Crippen molar-refractivity contribution in [1.82, 2.24) is 0 Å². The van der Waals surface area contributed by atoms with Gasteiger partial charge in [0.05, 0.1) is 16.9 Å². The van der Waals surface area contributed by atoms with E-state index in [2.05, 4.69) is 29.4 Å². The van der Waals surface area contributed by atoms with Crippen molar-refractivity contribution in [2.75, 3.05) is 28.6 Å². The molecule has 7 heteroatoms. The van der Waals surface area contributed by atoms with Gasteiger partial charge in [0.2, 0.25) is 0 Å². The van der Waals surface area contributed by atoms with E-state index in [1.54, 1.807) is 12.1 Å². The van der Waals surface area contributed by atoms with E-state index < -0.39 is 17.8 Å². The molecular weight excluding hydrogens is 469 g/mol. The third-order valence-corrected chi connectivity index (χ3v) is 6.71. The molecule has 1 saturated carbocycles. The summed E-state index contributed by atoms with van der Waals surface area (Å²) in [5, 5.41) is 15.5. The van der Waals surface area contributed by atoms with Crippen molar-refractivity contribution in [3.63, 3.8) is 0 Å². The van der Waals surface area contributed by atoms with Crippen molar-refractivity contribution >= 4 is 29.1 Å². The molecule has 2 amide bonds. The number of hydrogen-bond donors (Lipinski definition) is 3. The molecule has 0 radical (unpaired) electrons. The SMILES string of the molecule is Cc1ccc(NC(=O)Nc2cc(-c3cc(F)ccc3C(=O)O)ccc2N(CC(C)C)CC2CCC2)cc1. The molecule has 3 aromatic carbocycles. The zero-order valence-corrected chi connectivity index (χ0v) is 21.6. The van der Waals surface area contributed by atoms with Crippen LogP contribution in [0.4, 0.5) is 26.2 Å². The summed E-state index contributed by atoms with van der Waals surface area (Å²) in [6.07, 6.45) is 3.62. The number of benzene rings is 3. The number of carbonyl (C=O) groups is 2. The minimum atomic E-state index is -1.14. The Morgan fingerprint density at radius 3 is 2.38 bits per heavy atom. The van der Waals surface area contributed by atoms with Crippen molar-refractivity contribution in [3.8, 4) is 11.1 Å². The number of amides is 2. The molecule has 1 fully saturated rings. The number of rotatable bonds is 9. The lowest BCUT2D eigenvalue weighted by Crippen LogP contribution is -2.36. The first-order valence-electron chi connectivity index (χ1n) is 12.8. The summed E-state index contributed by atoms with van der Waals surface area (Å²) >= 11 is 0. The number of carbonyl (C=O) groups excluding carboxylic acids is 1. The maximum atomic E-state index is 14.1.